The lowest BCUT2D eigenvalue weighted by atomic mass is 10.4. The number of rotatable bonds is 4. The van der Waals surface area contributed by atoms with Gasteiger partial charge in [-0.05, 0) is 13.0 Å². The molecule has 0 aliphatic heterocycles. The summed E-state index contributed by atoms with van der Waals surface area (Å²) in [4.78, 5) is 39.8. The summed E-state index contributed by atoms with van der Waals surface area (Å²) in [6.07, 6.45) is 0. The average molecular weight is 234 g/mol. The second-order valence-electron chi connectivity index (χ2n) is 1.97. The molecule has 7 nitrogen and oxygen atoms in total. The molecule has 0 heterocycles. The molecule has 0 radical (unpaired) electrons. The smallest absolute Gasteiger partial charge is 0.328 e. The van der Waals surface area contributed by atoms with Gasteiger partial charge >= 0.3 is 17.9 Å². The Hall–Kier alpha value is -2.44. The zero-order valence-corrected chi connectivity index (χ0v) is 7.97. The van der Waals surface area contributed by atoms with Gasteiger partial charge < -0.3 is 15.3 Å². The van der Waals surface area contributed by atoms with Gasteiger partial charge in [0.05, 0.1) is 5.48 Å². The van der Waals surface area contributed by atoms with Crippen LogP contribution in [-0.2, 0) is 19.2 Å². The van der Waals surface area contributed by atoms with Crippen LogP contribution in [0.1, 0.15) is 12.4 Å². The van der Waals surface area contributed by atoms with E-state index in [9.17, 15) is 19.2 Å². The number of ketones is 1. The van der Waals surface area contributed by atoms with Gasteiger partial charge in [0.25, 0.3) is 0 Å². The highest BCUT2D eigenvalue weighted by molar-refractivity contribution is 5.93. The van der Waals surface area contributed by atoms with Gasteiger partial charge in [-0.3, -0.25) is 4.79 Å². The molecule has 16 heavy (non-hydrogen) atoms. The van der Waals surface area contributed by atoms with E-state index in [0.29, 0.717) is 0 Å². The Morgan fingerprint density at radius 1 is 0.812 bits per heavy atom. The summed E-state index contributed by atoms with van der Waals surface area (Å²) in [6.45, 7) is 1.04. The van der Waals surface area contributed by atoms with Gasteiger partial charge in [0, 0.05) is 18.2 Å². The minimum absolute atomic E-state index is 0.715. The van der Waals surface area contributed by atoms with E-state index in [1.54, 1.807) is 0 Å². The highest BCUT2D eigenvalue weighted by Crippen LogP contribution is 1.73. The Morgan fingerprint density at radius 2 is 1.06 bits per heavy atom. The van der Waals surface area contributed by atoms with Crippen molar-refractivity contribution >= 4 is 23.7 Å². The van der Waals surface area contributed by atoms with Crippen molar-refractivity contribution in [3.63, 3.8) is 0 Å². The summed E-state index contributed by atoms with van der Waals surface area (Å²) >= 11 is 0. The molecule has 0 aromatic rings. The number of hydrogen-bond acceptors (Lipinski definition) is 4. The van der Waals surface area contributed by atoms with Gasteiger partial charge in [0.15, 0.2) is 5.78 Å². The maximum absolute atomic E-state index is 10.3. The molecule has 0 spiro atoms. The molecule has 0 saturated carbocycles. The molecule has 0 aliphatic carbocycles. The standard InChI is InChI=1S/C5H6O3.C4H4O4/c1-4(6)2-3-5(7)8;5-3(6)1-2-4(7)8/h2-3H,1H3,(H,7,8);1-2H,(H,5,6)(H,7,8)/b3-2+;2-1+/i2D,3D;1D,2D. The van der Waals surface area contributed by atoms with E-state index in [-0.39, 0.29) is 0 Å². The summed E-state index contributed by atoms with van der Waals surface area (Å²) < 4.78 is 26.3. The van der Waals surface area contributed by atoms with Gasteiger partial charge in [-0.2, -0.15) is 0 Å². The lowest BCUT2D eigenvalue weighted by Crippen LogP contribution is -1.91. The predicted octanol–water partition coefficient (Wildman–Crippen LogP) is -0.0720. The fourth-order valence-corrected chi connectivity index (χ4v) is 0.248. The molecule has 88 valence electrons. The van der Waals surface area contributed by atoms with Crippen molar-refractivity contribution in [1.82, 2.24) is 0 Å². The predicted molar refractivity (Wildman–Crippen MR) is 51.9 cm³/mol. The van der Waals surface area contributed by atoms with Gasteiger partial charge in [-0.25, -0.2) is 14.4 Å². The highest BCUT2D eigenvalue weighted by Gasteiger charge is 1.88. The first-order chi connectivity index (χ1) is 8.93. The molecule has 7 heteroatoms. The highest BCUT2D eigenvalue weighted by atomic mass is 16.4. The monoisotopic (exact) mass is 234 g/mol. The van der Waals surface area contributed by atoms with Crippen molar-refractivity contribution in [2.24, 2.45) is 0 Å². The van der Waals surface area contributed by atoms with Crippen molar-refractivity contribution in [3.8, 4) is 0 Å². The summed E-state index contributed by atoms with van der Waals surface area (Å²) in [5.74, 6) is -5.70. The van der Waals surface area contributed by atoms with Crippen LogP contribution in [0.15, 0.2) is 24.2 Å². The molecule has 0 unspecified atom stereocenters. The van der Waals surface area contributed by atoms with E-state index in [2.05, 4.69) is 0 Å². The first-order valence-corrected chi connectivity index (χ1v) is 3.49. The Balaban J connectivity index is 0. The number of carboxylic acids is 3. The molecule has 0 aromatic carbocycles. The fraction of sp³-hybridized carbons (Fsp3) is 0.111. The van der Waals surface area contributed by atoms with Gasteiger partial charge in [-0.15, -0.1) is 0 Å². The number of carbonyl (C=O) groups is 4. The van der Waals surface area contributed by atoms with Crippen molar-refractivity contribution < 1.29 is 40.0 Å². The zero-order chi connectivity index (χ0) is 16.6. The molecule has 0 aliphatic rings. The number of aliphatic carboxylic acids is 3. The third kappa shape index (κ3) is 22.6. The van der Waals surface area contributed by atoms with Crippen LogP contribution in [0.25, 0.3) is 0 Å². The van der Waals surface area contributed by atoms with E-state index < -0.39 is 47.9 Å². The maximum Gasteiger partial charge on any atom is 0.328 e. The molecule has 0 saturated heterocycles. The number of carbonyl (C=O) groups excluding carboxylic acids is 1. The molecule has 0 rings (SSSR count). The Bertz CT molecular complexity index is 416. The lowest BCUT2D eigenvalue weighted by molar-refractivity contribution is -0.134. The summed E-state index contributed by atoms with van der Waals surface area (Å²) in [5, 5.41) is 24.0. The van der Waals surface area contributed by atoms with Crippen LogP contribution in [0.5, 0.6) is 0 Å². The SMILES string of the molecule is [2H]/C(C(=O)O)=C(/[2H])C(=O)O.[2H]/C(C(C)=O)=C(/[2H])C(=O)O. The van der Waals surface area contributed by atoms with Crippen LogP contribution in [0.3, 0.4) is 0 Å². The molecular formula is C9H10O7. The topological polar surface area (TPSA) is 129 Å². The van der Waals surface area contributed by atoms with Crippen molar-refractivity contribution in [2.45, 2.75) is 6.92 Å². The van der Waals surface area contributed by atoms with Gasteiger partial charge in [-0.1, -0.05) is 0 Å². The first-order valence-electron chi connectivity index (χ1n) is 5.49. The number of allylic oxidation sites excluding steroid dienone is 1. The minimum Gasteiger partial charge on any atom is -0.478 e. The average Bonchev–Trinajstić information content (AvgIpc) is 2.35. The molecule has 3 N–H and O–H groups in total. The molecule has 0 aromatic heterocycles. The van der Waals surface area contributed by atoms with E-state index in [1.165, 1.54) is 0 Å². The first kappa shape index (κ1) is 8.84. The van der Waals surface area contributed by atoms with Crippen molar-refractivity contribution in [1.29, 1.82) is 0 Å². The Kier molecular flexibility index (Phi) is 5.04. The van der Waals surface area contributed by atoms with E-state index in [1.807, 2.05) is 0 Å². The van der Waals surface area contributed by atoms with E-state index >= 15 is 0 Å². The van der Waals surface area contributed by atoms with Crippen LogP contribution in [-0.4, -0.2) is 39.0 Å². The summed E-state index contributed by atoms with van der Waals surface area (Å²) in [5.41, 5.74) is 0. The van der Waals surface area contributed by atoms with Gasteiger partial charge in [0.2, 0.25) is 0 Å². The second-order valence-corrected chi connectivity index (χ2v) is 1.97. The van der Waals surface area contributed by atoms with E-state index in [4.69, 9.17) is 20.8 Å². The molecule has 0 amide bonds. The molecule has 0 bridgehead atoms. The Morgan fingerprint density at radius 3 is 1.19 bits per heavy atom. The summed E-state index contributed by atoms with van der Waals surface area (Å²) in [7, 11) is 0. The van der Waals surface area contributed by atoms with Gasteiger partial charge in [0.1, 0.15) is 0 Å². The van der Waals surface area contributed by atoms with Crippen LogP contribution in [0, 0.1) is 0 Å². The normalized spacial score (nSPS) is 15.6. The minimum atomic E-state index is -1.72. The Labute approximate surface area is 95.9 Å². The number of hydrogen-bond donors (Lipinski definition) is 3. The van der Waals surface area contributed by atoms with Crippen LogP contribution < -0.4 is 0 Å². The summed E-state index contributed by atoms with van der Waals surface area (Å²) in [6, 6.07) is -4.17. The molecular weight excluding hydrogens is 220 g/mol. The lowest BCUT2D eigenvalue weighted by Gasteiger charge is -1.74. The second kappa shape index (κ2) is 9.13. The molecule has 0 atom stereocenters. The third-order valence-electron chi connectivity index (χ3n) is 0.622. The van der Waals surface area contributed by atoms with Crippen molar-refractivity contribution in [3.05, 3.63) is 24.2 Å². The maximum atomic E-state index is 10.3. The quantitative estimate of drug-likeness (QED) is 0.580. The third-order valence-corrected chi connectivity index (χ3v) is 0.622. The van der Waals surface area contributed by atoms with Crippen LogP contribution in [0.2, 0.25) is 0 Å². The fourth-order valence-electron chi connectivity index (χ4n) is 0.248. The number of carboxylic acid groups (broad SMARTS) is 3. The van der Waals surface area contributed by atoms with Crippen LogP contribution in [0.4, 0.5) is 0 Å². The van der Waals surface area contributed by atoms with E-state index in [0.717, 1.165) is 6.92 Å². The van der Waals surface area contributed by atoms with Crippen LogP contribution >= 0.6 is 0 Å². The van der Waals surface area contributed by atoms with Crippen molar-refractivity contribution in [2.75, 3.05) is 0 Å². The molecule has 0 fully saturated rings. The largest absolute Gasteiger partial charge is 0.478 e. The zero-order valence-electron chi connectivity index (χ0n) is 12.0.